The molecular formula is C36H40F3N3O7. The lowest BCUT2D eigenvalue weighted by Crippen LogP contribution is -2.66. The number of aliphatic hydroxyl groups is 2. The van der Waals surface area contributed by atoms with Crippen LogP contribution in [-0.4, -0.2) is 82.0 Å². The molecule has 1 unspecified atom stereocenters. The number of Topliss-reactive ketones (excluding diaryl/α,β-unsaturated/α-hetero) is 2. The van der Waals surface area contributed by atoms with E-state index in [1.807, 2.05) is 42.2 Å². The van der Waals surface area contributed by atoms with Gasteiger partial charge in [-0.25, -0.2) is 0 Å². The minimum absolute atomic E-state index is 0.135. The number of methoxy groups -OCH3 is 1. The molecule has 2 fully saturated rings. The fourth-order valence-electron chi connectivity index (χ4n) is 8.33. The maximum Gasteiger partial charge on any atom is 0.417 e. The second-order valence-corrected chi connectivity index (χ2v) is 13.9. The van der Waals surface area contributed by atoms with E-state index in [4.69, 9.17) is 10.5 Å². The number of carbonyl (C=O) groups is 3. The third-order valence-corrected chi connectivity index (χ3v) is 10.8. The number of phenols is 1. The number of carbonyl (C=O) groups excluding carboxylic acids is 3. The van der Waals surface area contributed by atoms with Crippen LogP contribution in [0, 0.1) is 17.8 Å². The van der Waals surface area contributed by atoms with E-state index in [0.717, 1.165) is 31.6 Å². The van der Waals surface area contributed by atoms with Crippen LogP contribution in [0.1, 0.15) is 60.0 Å². The average Bonchev–Trinajstić information content (AvgIpc) is 3.84. The third kappa shape index (κ3) is 5.51. The van der Waals surface area contributed by atoms with Gasteiger partial charge in [0.1, 0.15) is 22.8 Å². The molecule has 262 valence electrons. The number of nitrogens with two attached hydrogens (primary N) is 1. The number of amides is 1. The van der Waals surface area contributed by atoms with Gasteiger partial charge in [0.2, 0.25) is 5.78 Å². The number of benzene rings is 2. The van der Waals surface area contributed by atoms with Gasteiger partial charge < -0.3 is 25.8 Å². The predicted octanol–water partition coefficient (Wildman–Crippen LogP) is 4.61. The van der Waals surface area contributed by atoms with Crippen molar-refractivity contribution in [2.75, 3.05) is 27.7 Å². The molecule has 4 aliphatic rings. The molecule has 10 nitrogen and oxygen atoms in total. The number of aliphatic hydroxyl groups excluding tert-OH is 2. The van der Waals surface area contributed by atoms with Gasteiger partial charge in [-0.3, -0.25) is 24.2 Å². The Morgan fingerprint density at radius 3 is 2.33 bits per heavy atom. The minimum Gasteiger partial charge on any atom is -0.508 e. The van der Waals surface area contributed by atoms with Gasteiger partial charge in [0.25, 0.3) is 5.91 Å². The quantitative estimate of drug-likeness (QED) is 0.278. The van der Waals surface area contributed by atoms with Gasteiger partial charge in [-0.15, -0.1) is 0 Å². The molecule has 0 spiro atoms. The Kier molecular flexibility index (Phi) is 8.69. The number of alkyl halides is 3. The number of aromatic hydroxyl groups is 1. The molecule has 5 N–H and O–H groups in total. The van der Waals surface area contributed by atoms with E-state index in [2.05, 4.69) is 0 Å². The largest absolute Gasteiger partial charge is 0.508 e. The zero-order valence-corrected chi connectivity index (χ0v) is 27.7. The smallest absolute Gasteiger partial charge is 0.417 e. The molecule has 49 heavy (non-hydrogen) atoms. The first-order chi connectivity index (χ1) is 23.0. The number of hydrogen-bond donors (Lipinski definition) is 4. The van der Waals surface area contributed by atoms with Crippen molar-refractivity contribution in [3.63, 3.8) is 0 Å². The number of rotatable bonds is 9. The number of ketones is 2. The summed E-state index contributed by atoms with van der Waals surface area (Å²) in [7, 11) is 4.12. The lowest BCUT2D eigenvalue weighted by atomic mass is 9.57. The molecule has 0 bridgehead atoms. The highest BCUT2D eigenvalue weighted by molar-refractivity contribution is 6.24. The Hall–Kier alpha value is -4.20. The van der Waals surface area contributed by atoms with Crippen molar-refractivity contribution in [3.8, 4) is 5.75 Å². The summed E-state index contributed by atoms with van der Waals surface area (Å²) in [6.07, 6.45) is -3.52. The number of fused-ring (bicyclic) bond motifs is 3. The summed E-state index contributed by atoms with van der Waals surface area (Å²) < 4.78 is 51.2. The summed E-state index contributed by atoms with van der Waals surface area (Å²) >= 11 is 0. The number of likely N-dealkylation sites (N-methyl/N-ethyl adjacent to an activating group) is 1. The summed E-state index contributed by atoms with van der Waals surface area (Å²) in [6.45, 7) is 2.35. The second-order valence-electron chi connectivity index (χ2n) is 13.9. The van der Waals surface area contributed by atoms with Gasteiger partial charge in [-0.1, -0.05) is 30.3 Å². The molecule has 0 aromatic heterocycles. The highest BCUT2D eigenvalue weighted by atomic mass is 19.4. The Balaban J connectivity index is 1.51. The molecule has 0 saturated heterocycles. The summed E-state index contributed by atoms with van der Waals surface area (Å²) in [5.74, 6) is -7.55. The number of hydrogen-bond acceptors (Lipinski definition) is 9. The third-order valence-electron chi connectivity index (χ3n) is 10.8. The maximum atomic E-state index is 15.2. The molecule has 0 radical (unpaired) electrons. The molecule has 13 heteroatoms. The highest BCUT2D eigenvalue weighted by Crippen LogP contribution is 2.55. The summed E-state index contributed by atoms with van der Waals surface area (Å²) in [6, 6.07) is 8.98. The molecule has 2 aromatic carbocycles. The first-order valence-corrected chi connectivity index (χ1v) is 16.3. The predicted molar refractivity (Wildman–Crippen MR) is 172 cm³/mol. The van der Waals surface area contributed by atoms with Gasteiger partial charge in [0.05, 0.1) is 17.2 Å². The maximum absolute atomic E-state index is 15.2. The normalized spacial score (nSPS) is 26.2. The Morgan fingerprint density at radius 1 is 1.12 bits per heavy atom. The molecule has 0 aliphatic heterocycles. The monoisotopic (exact) mass is 683 g/mol. The van der Waals surface area contributed by atoms with E-state index in [9.17, 15) is 29.7 Å². The highest BCUT2D eigenvalue weighted by Gasteiger charge is 2.65. The van der Waals surface area contributed by atoms with Gasteiger partial charge in [-0.2, -0.15) is 13.2 Å². The van der Waals surface area contributed by atoms with Crippen LogP contribution in [0.25, 0.3) is 5.76 Å². The van der Waals surface area contributed by atoms with Crippen molar-refractivity contribution in [2.45, 2.75) is 63.0 Å². The lowest BCUT2D eigenvalue weighted by Gasteiger charge is -2.52. The van der Waals surface area contributed by atoms with Crippen molar-refractivity contribution in [3.05, 3.63) is 81.1 Å². The number of phenolic OH excluding ortho intramolecular Hbond substituents is 1. The van der Waals surface area contributed by atoms with Crippen molar-refractivity contribution in [2.24, 2.45) is 23.5 Å². The zero-order valence-electron chi connectivity index (χ0n) is 27.7. The van der Waals surface area contributed by atoms with Crippen LogP contribution < -0.4 is 5.73 Å². The summed E-state index contributed by atoms with van der Waals surface area (Å²) in [4.78, 5) is 43.7. The summed E-state index contributed by atoms with van der Waals surface area (Å²) in [5.41, 5.74) is 0.809. The topological polar surface area (TPSA) is 154 Å². The van der Waals surface area contributed by atoms with Gasteiger partial charge in [0.15, 0.2) is 11.4 Å². The molecule has 2 aromatic rings. The molecule has 1 amide bonds. The first-order valence-electron chi connectivity index (χ1n) is 16.3. The van der Waals surface area contributed by atoms with E-state index in [-0.39, 0.29) is 35.7 Å². The molecular weight excluding hydrogens is 643 g/mol. The van der Waals surface area contributed by atoms with Gasteiger partial charge in [-0.05, 0) is 81.3 Å². The van der Waals surface area contributed by atoms with E-state index < -0.39 is 87.5 Å². The fraction of sp³-hybridized carbons (Fsp3) is 0.472. The molecule has 5 atom stereocenters. The number of halogens is 3. The molecule has 0 heterocycles. The van der Waals surface area contributed by atoms with Crippen LogP contribution in [-0.2, 0) is 38.3 Å². The first kappa shape index (κ1) is 34.7. The van der Waals surface area contributed by atoms with Crippen molar-refractivity contribution >= 4 is 23.2 Å². The van der Waals surface area contributed by atoms with Crippen molar-refractivity contribution in [1.29, 1.82) is 0 Å². The SMILES string of the molecule is CO[C@]12C(=O)C3=C(O)c4c(O)cc(CN(CC5CC5)C(C)c5ccccc5)c(C(F)(F)F)c4C[C@H]3C[C@H]1[C@H](N(C)C)C(=O)C(C(N)=O)=C2O. The van der Waals surface area contributed by atoms with E-state index in [1.165, 1.54) is 19.0 Å². The average molecular weight is 684 g/mol. The Labute approximate surface area is 281 Å². The Morgan fingerprint density at radius 2 is 1.78 bits per heavy atom. The van der Waals surface area contributed by atoms with Crippen LogP contribution >= 0.6 is 0 Å². The number of primary amides is 1. The molecule has 4 aliphatic carbocycles. The number of nitrogens with zero attached hydrogens (tertiary/aromatic N) is 2. The lowest BCUT2D eigenvalue weighted by molar-refractivity contribution is -0.159. The zero-order chi connectivity index (χ0) is 35.7. The summed E-state index contributed by atoms with van der Waals surface area (Å²) in [5, 5.41) is 34.2. The van der Waals surface area contributed by atoms with Crippen molar-refractivity contribution in [1.82, 2.24) is 9.80 Å². The minimum atomic E-state index is -4.90. The van der Waals surface area contributed by atoms with Crippen LogP contribution in [0.2, 0.25) is 0 Å². The second kappa shape index (κ2) is 12.3. The fourth-order valence-corrected chi connectivity index (χ4v) is 8.33. The standard InChI is InChI=1S/C36H40F3N3O7/c1-17(19-8-6-5-7-9-19)42(15-18-10-11-18)16-21-14-24(43)26-22(28(21)36(37,38)39)12-20-13-23-29(41(2)3)31(45)27(34(40)48)33(47)35(23,49-4)32(46)25(20)30(26)44/h5-9,14,17-18,20,23,29,43-44,47H,10-13,15-16H2,1-4H3,(H2,40,48)/t17?,20-,23-,29-,35-/m0/s1. The molecule has 2 saturated carbocycles. The van der Waals surface area contributed by atoms with Crippen LogP contribution in [0.4, 0.5) is 13.2 Å². The Bertz CT molecular complexity index is 1780. The van der Waals surface area contributed by atoms with Crippen LogP contribution in [0.15, 0.2) is 53.3 Å². The van der Waals surface area contributed by atoms with E-state index >= 15 is 13.2 Å². The van der Waals surface area contributed by atoms with Gasteiger partial charge >= 0.3 is 6.18 Å². The van der Waals surface area contributed by atoms with Crippen LogP contribution in [0.5, 0.6) is 5.75 Å². The van der Waals surface area contributed by atoms with Crippen molar-refractivity contribution < 1.29 is 47.6 Å². The van der Waals surface area contributed by atoms with Crippen LogP contribution in [0.3, 0.4) is 0 Å². The van der Waals surface area contributed by atoms with E-state index in [0.29, 0.717) is 12.5 Å². The van der Waals surface area contributed by atoms with Gasteiger partial charge in [0, 0.05) is 37.7 Å². The number of ether oxygens (including phenoxy) is 1. The van der Waals surface area contributed by atoms with E-state index in [1.54, 1.807) is 0 Å². The molecule has 6 rings (SSSR count).